The maximum absolute atomic E-state index is 6.71. The highest BCUT2D eigenvalue weighted by Crippen LogP contribution is 2.55. The lowest BCUT2D eigenvalue weighted by atomic mass is 9.79. The van der Waals surface area contributed by atoms with Gasteiger partial charge in [0.2, 0.25) is 0 Å². The molecular formula is C30H30O6. The first-order valence-electron chi connectivity index (χ1n) is 12.2. The van der Waals surface area contributed by atoms with E-state index in [2.05, 4.69) is 30.4 Å². The van der Waals surface area contributed by atoms with Gasteiger partial charge in [-0.05, 0) is 49.8 Å². The molecule has 0 amide bonds. The third kappa shape index (κ3) is 3.86. The molecule has 0 radical (unpaired) electrons. The van der Waals surface area contributed by atoms with Crippen LogP contribution in [0.3, 0.4) is 0 Å². The lowest BCUT2D eigenvalue weighted by Gasteiger charge is -2.44. The van der Waals surface area contributed by atoms with Gasteiger partial charge in [-0.25, -0.2) is 0 Å². The van der Waals surface area contributed by atoms with Gasteiger partial charge in [-0.1, -0.05) is 30.3 Å². The van der Waals surface area contributed by atoms with Crippen molar-refractivity contribution >= 4 is 6.08 Å². The highest BCUT2D eigenvalue weighted by Gasteiger charge is 2.46. The Morgan fingerprint density at radius 2 is 1.69 bits per heavy atom. The minimum absolute atomic E-state index is 0.0900. The zero-order chi connectivity index (χ0) is 24.9. The second-order valence-corrected chi connectivity index (χ2v) is 9.89. The molecule has 3 aliphatic rings. The molecule has 0 saturated heterocycles. The number of methoxy groups -OCH3 is 2. The van der Waals surface area contributed by atoms with Crippen LogP contribution in [0.1, 0.15) is 48.1 Å². The zero-order valence-electron chi connectivity index (χ0n) is 20.9. The molecule has 0 unspecified atom stereocenters. The van der Waals surface area contributed by atoms with Gasteiger partial charge in [-0.15, -0.1) is 0 Å². The van der Waals surface area contributed by atoms with E-state index in [9.17, 15) is 0 Å². The van der Waals surface area contributed by atoms with Gasteiger partial charge >= 0.3 is 0 Å². The molecule has 6 nitrogen and oxygen atoms in total. The van der Waals surface area contributed by atoms with Crippen LogP contribution in [-0.2, 0) is 11.3 Å². The molecule has 3 heterocycles. The van der Waals surface area contributed by atoms with Crippen molar-refractivity contribution in [3.05, 3.63) is 82.9 Å². The zero-order valence-corrected chi connectivity index (χ0v) is 20.9. The van der Waals surface area contributed by atoms with Gasteiger partial charge < -0.3 is 28.4 Å². The molecule has 186 valence electrons. The lowest BCUT2D eigenvalue weighted by molar-refractivity contribution is -0.0478. The van der Waals surface area contributed by atoms with Gasteiger partial charge in [-0.2, -0.15) is 0 Å². The lowest BCUT2D eigenvalue weighted by Crippen LogP contribution is -2.43. The average molecular weight is 487 g/mol. The molecule has 0 saturated carbocycles. The fourth-order valence-corrected chi connectivity index (χ4v) is 5.30. The minimum atomic E-state index is -0.371. The van der Waals surface area contributed by atoms with Crippen LogP contribution in [0.25, 0.3) is 6.08 Å². The number of benzene rings is 3. The van der Waals surface area contributed by atoms with Crippen LogP contribution in [0.15, 0.2) is 60.7 Å². The number of fused-ring (bicyclic) bond motifs is 6. The molecule has 6 rings (SSSR count). The smallest absolute Gasteiger partial charge is 0.164 e. The van der Waals surface area contributed by atoms with Crippen molar-refractivity contribution in [2.24, 2.45) is 0 Å². The van der Waals surface area contributed by atoms with Crippen molar-refractivity contribution < 1.29 is 28.4 Å². The summed E-state index contributed by atoms with van der Waals surface area (Å²) >= 11 is 0. The van der Waals surface area contributed by atoms with E-state index in [0.29, 0.717) is 24.7 Å². The van der Waals surface area contributed by atoms with E-state index in [1.54, 1.807) is 14.2 Å². The van der Waals surface area contributed by atoms with E-state index >= 15 is 0 Å². The molecule has 0 bridgehead atoms. The Morgan fingerprint density at radius 3 is 2.47 bits per heavy atom. The van der Waals surface area contributed by atoms with E-state index in [1.807, 2.05) is 50.2 Å². The topological polar surface area (TPSA) is 55.4 Å². The first-order chi connectivity index (χ1) is 17.5. The van der Waals surface area contributed by atoms with Crippen LogP contribution in [-0.4, -0.2) is 32.5 Å². The normalized spacial score (nSPS) is 22.5. The van der Waals surface area contributed by atoms with Gasteiger partial charge in [0.15, 0.2) is 11.5 Å². The number of hydrogen-bond acceptors (Lipinski definition) is 6. The predicted molar refractivity (Wildman–Crippen MR) is 136 cm³/mol. The summed E-state index contributed by atoms with van der Waals surface area (Å²) in [7, 11) is 3.27. The maximum Gasteiger partial charge on any atom is 0.164 e. The summed E-state index contributed by atoms with van der Waals surface area (Å²) in [5.74, 6) is 3.56. The van der Waals surface area contributed by atoms with Crippen molar-refractivity contribution in [2.45, 2.75) is 44.2 Å². The molecule has 36 heavy (non-hydrogen) atoms. The van der Waals surface area contributed by atoms with E-state index in [0.717, 1.165) is 39.5 Å². The van der Waals surface area contributed by atoms with Crippen molar-refractivity contribution in [2.75, 3.05) is 20.8 Å². The SMILES string of the molecule is COc1cc2c(cc1OC)[C@@H]1[C@H](OCc3ccccc3)c3ccc4c(c3O[C@@H]1CO2)C=CC(C)(C)O4. The second kappa shape index (κ2) is 8.79. The van der Waals surface area contributed by atoms with Crippen LogP contribution in [0.4, 0.5) is 0 Å². The predicted octanol–water partition coefficient (Wildman–Crippen LogP) is 6.08. The summed E-state index contributed by atoms with van der Waals surface area (Å²) in [6, 6.07) is 18.2. The summed E-state index contributed by atoms with van der Waals surface area (Å²) < 4.78 is 36.9. The third-order valence-corrected chi connectivity index (χ3v) is 7.06. The molecule has 0 N–H and O–H groups in total. The Hall–Kier alpha value is -3.64. The van der Waals surface area contributed by atoms with Gasteiger partial charge in [0, 0.05) is 17.2 Å². The van der Waals surface area contributed by atoms with Crippen LogP contribution in [0.5, 0.6) is 28.7 Å². The highest BCUT2D eigenvalue weighted by molar-refractivity contribution is 5.70. The molecule has 3 atom stereocenters. The van der Waals surface area contributed by atoms with Gasteiger partial charge in [0.05, 0.1) is 38.4 Å². The monoisotopic (exact) mass is 486 g/mol. The first kappa shape index (κ1) is 22.8. The van der Waals surface area contributed by atoms with Crippen molar-refractivity contribution in [3.63, 3.8) is 0 Å². The van der Waals surface area contributed by atoms with E-state index in [-0.39, 0.29) is 23.7 Å². The quantitative estimate of drug-likeness (QED) is 0.436. The maximum atomic E-state index is 6.71. The molecule has 0 aromatic heterocycles. The molecular weight excluding hydrogens is 456 g/mol. The standard InChI is InChI=1S/C30H30O6/c1-30(2)13-12-19-22(36-30)11-10-20-28(19)35-26-17-33-23-15-25(32-4)24(31-3)14-21(23)27(26)29(20)34-16-18-8-6-5-7-9-18/h5-15,26-27,29H,16-17H2,1-4H3/t26-,27+,29-/m1/s1. The first-order valence-corrected chi connectivity index (χ1v) is 12.2. The summed E-state index contributed by atoms with van der Waals surface area (Å²) in [5.41, 5.74) is 3.67. The second-order valence-electron chi connectivity index (χ2n) is 9.89. The molecule has 3 aromatic carbocycles. The van der Waals surface area contributed by atoms with E-state index < -0.39 is 0 Å². The Morgan fingerprint density at radius 1 is 0.917 bits per heavy atom. The Bertz CT molecular complexity index is 1310. The van der Waals surface area contributed by atoms with Crippen molar-refractivity contribution in [1.82, 2.24) is 0 Å². The van der Waals surface area contributed by atoms with Crippen LogP contribution < -0.4 is 23.7 Å². The van der Waals surface area contributed by atoms with Crippen LogP contribution in [0.2, 0.25) is 0 Å². The Kier molecular flexibility index (Phi) is 5.56. The molecule has 0 aliphatic carbocycles. The summed E-state index contributed by atoms with van der Waals surface area (Å²) in [6.45, 7) is 4.97. The number of ether oxygens (including phenoxy) is 6. The molecule has 3 aliphatic heterocycles. The van der Waals surface area contributed by atoms with Crippen LogP contribution in [0, 0.1) is 0 Å². The highest BCUT2D eigenvalue weighted by atomic mass is 16.6. The fourth-order valence-electron chi connectivity index (χ4n) is 5.30. The van der Waals surface area contributed by atoms with E-state index in [1.165, 1.54) is 0 Å². The minimum Gasteiger partial charge on any atom is -0.493 e. The van der Waals surface area contributed by atoms with Crippen LogP contribution >= 0.6 is 0 Å². The Balaban J connectivity index is 1.46. The summed E-state index contributed by atoms with van der Waals surface area (Å²) in [4.78, 5) is 0. The fraction of sp³-hybridized carbons (Fsp3) is 0.333. The van der Waals surface area contributed by atoms with E-state index in [4.69, 9.17) is 28.4 Å². The summed E-state index contributed by atoms with van der Waals surface area (Å²) in [6.07, 6.45) is 3.67. The van der Waals surface area contributed by atoms with Crippen molar-refractivity contribution in [1.29, 1.82) is 0 Å². The van der Waals surface area contributed by atoms with Gasteiger partial charge in [0.1, 0.15) is 35.6 Å². The molecule has 6 heteroatoms. The Labute approximate surface area is 211 Å². The number of hydrogen-bond donors (Lipinski definition) is 0. The van der Waals surface area contributed by atoms with Gasteiger partial charge in [0.25, 0.3) is 0 Å². The average Bonchev–Trinajstić information content (AvgIpc) is 2.89. The molecule has 0 spiro atoms. The number of rotatable bonds is 5. The molecule has 3 aromatic rings. The molecule has 0 fully saturated rings. The largest absolute Gasteiger partial charge is 0.493 e. The third-order valence-electron chi connectivity index (χ3n) is 7.06. The summed E-state index contributed by atoms with van der Waals surface area (Å²) in [5, 5.41) is 0. The van der Waals surface area contributed by atoms with Crippen molar-refractivity contribution in [3.8, 4) is 28.7 Å². The van der Waals surface area contributed by atoms with Gasteiger partial charge in [-0.3, -0.25) is 0 Å².